The van der Waals surface area contributed by atoms with Gasteiger partial charge in [-0.3, -0.25) is 4.79 Å². The maximum Gasteiger partial charge on any atom is 0.249 e. The van der Waals surface area contributed by atoms with Gasteiger partial charge in [0, 0.05) is 38.5 Å². The summed E-state index contributed by atoms with van der Waals surface area (Å²) in [5.74, 6) is 0.352. The lowest BCUT2D eigenvalue weighted by Gasteiger charge is -2.10. The maximum absolute atomic E-state index is 12.2. The van der Waals surface area contributed by atoms with Crippen molar-refractivity contribution in [2.75, 3.05) is 7.11 Å². The summed E-state index contributed by atoms with van der Waals surface area (Å²) < 4.78 is 7.49. The number of carbonyl (C=O) groups excluding carboxylic acids is 1. The van der Waals surface area contributed by atoms with Crippen molar-refractivity contribution < 1.29 is 9.53 Å². The van der Waals surface area contributed by atoms with Gasteiger partial charge >= 0.3 is 0 Å². The van der Waals surface area contributed by atoms with E-state index in [0.717, 1.165) is 44.2 Å². The molecule has 1 amide bonds. The molecule has 0 fully saturated rings. The highest BCUT2D eigenvalue weighted by Gasteiger charge is 2.18. The molecule has 33 heavy (non-hydrogen) atoms. The van der Waals surface area contributed by atoms with Crippen LogP contribution in [0, 0.1) is 0 Å². The van der Waals surface area contributed by atoms with Crippen molar-refractivity contribution in [1.29, 1.82) is 0 Å². The van der Waals surface area contributed by atoms with Crippen LogP contribution in [0.4, 0.5) is 0 Å². The lowest BCUT2D eigenvalue weighted by atomic mass is 10.0. The molecule has 1 aromatic heterocycles. The topological polar surface area (TPSA) is 57.2 Å². The van der Waals surface area contributed by atoms with Crippen LogP contribution in [0.5, 0.6) is 5.75 Å². The van der Waals surface area contributed by atoms with E-state index in [0.29, 0.717) is 22.2 Å². The number of nitrogens with zero attached hydrogens (tertiary/aromatic N) is 1. The molecule has 0 aliphatic carbocycles. The minimum Gasteiger partial charge on any atom is -0.497 e. The Morgan fingerprint density at radius 3 is 2.42 bits per heavy atom. The number of aromatic nitrogens is 1. The van der Waals surface area contributed by atoms with E-state index in [1.807, 2.05) is 60.7 Å². The number of benzene rings is 4. The van der Waals surface area contributed by atoms with Gasteiger partial charge in [0.05, 0.1) is 18.1 Å². The van der Waals surface area contributed by atoms with Crippen LogP contribution in [0.1, 0.15) is 15.9 Å². The van der Waals surface area contributed by atoms with Crippen molar-refractivity contribution in [3.8, 4) is 16.9 Å². The molecule has 0 atom stereocenters. The van der Waals surface area contributed by atoms with Crippen molar-refractivity contribution in [1.82, 2.24) is 4.57 Å². The van der Waals surface area contributed by atoms with Crippen LogP contribution in [0.2, 0.25) is 10.0 Å². The molecule has 5 aromatic rings. The number of rotatable bonds is 5. The number of hydrogen-bond donors (Lipinski definition) is 1. The maximum atomic E-state index is 12.2. The van der Waals surface area contributed by atoms with Crippen LogP contribution < -0.4 is 10.5 Å². The average molecular weight is 475 g/mol. The first-order chi connectivity index (χ1) is 16.0. The fourth-order valence-corrected chi connectivity index (χ4v) is 4.84. The summed E-state index contributed by atoms with van der Waals surface area (Å²) >= 11 is 12.6. The van der Waals surface area contributed by atoms with E-state index in [2.05, 4.69) is 10.6 Å². The first-order valence-corrected chi connectivity index (χ1v) is 11.1. The van der Waals surface area contributed by atoms with Gasteiger partial charge in [-0.05, 0) is 53.6 Å². The molecule has 2 N–H and O–H groups in total. The molecule has 164 valence electrons. The van der Waals surface area contributed by atoms with E-state index in [-0.39, 0.29) is 0 Å². The van der Waals surface area contributed by atoms with Crippen LogP contribution in [0.15, 0.2) is 78.9 Å². The van der Waals surface area contributed by atoms with Crippen molar-refractivity contribution in [2.24, 2.45) is 5.73 Å². The summed E-state index contributed by atoms with van der Waals surface area (Å²) in [6.45, 7) is 0.615. The van der Waals surface area contributed by atoms with Crippen LogP contribution in [0.25, 0.3) is 32.9 Å². The second-order valence-corrected chi connectivity index (χ2v) is 8.70. The summed E-state index contributed by atoms with van der Waals surface area (Å²) in [5.41, 5.74) is 11.1. The number of carbonyl (C=O) groups is 1. The summed E-state index contributed by atoms with van der Waals surface area (Å²) in [6, 6.07) is 25.2. The minimum atomic E-state index is -0.450. The quantitative estimate of drug-likeness (QED) is 0.300. The standard InChI is InChI=1S/C27H20Cl2N2O2/c1-33-19-9-5-16(6-10-19)15-31-24-4-2-3-22(27(30)32)26(24)21-11-7-17(13-25(21)31)20-12-8-18(28)14-23(20)29/h2-14H,15H2,1H3,(H2,30,32). The van der Waals surface area contributed by atoms with Crippen LogP contribution >= 0.6 is 23.2 Å². The number of ether oxygens (including phenoxy) is 1. The van der Waals surface area contributed by atoms with E-state index in [4.69, 9.17) is 33.7 Å². The summed E-state index contributed by atoms with van der Waals surface area (Å²) in [4.78, 5) is 12.2. The second-order valence-electron chi connectivity index (χ2n) is 7.85. The fraction of sp³-hybridized carbons (Fsp3) is 0.0741. The van der Waals surface area contributed by atoms with E-state index < -0.39 is 5.91 Å². The van der Waals surface area contributed by atoms with E-state index in [1.54, 1.807) is 19.2 Å². The third-order valence-corrected chi connectivity index (χ3v) is 6.45. The van der Waals surface area contributed by atoms with Crippen molar-refractivity contribution in [2.45, 2.75) is 6.54 Å². The Morgan fingerprint density at radius 1 is 0.939 bits per heavy atom. The Hall–Kier alpha value is -3.47. The molecule has 0 radical (unpaired) electrons. The molecule has 0 saturated heterocycles. The monoisotopic (exact) mass is 474 g/mol. The molecule has 0 spiro atoms. The summed E-state index contributed by atoms with van der Waals surface area (Å²) in [5, 5.41) is 2.98. The Morgan fingerprint density at radius 2 is 1.73 bits per heavy atom. The Bertz CT molecular complexity index is 1520. The van der Waals surface area contributed by atoms with Crippen molar-refractivity contribution in [3.05, 3.63) is 100 Å². The highest BCUT2D eigenvalue weighted by atomic mass is 35.5. The molecule has 5 rings (SSSR count). The van der Waals surface area contributed by atoms with Crippen molar-refractivity contribution in [3.63, 3.8) is 0 Å². The third kappa shape index (κ3) is 3.82. The molecule has 0 unspecified atom stereocenters. The molecule has 0 bridgehead atoms. The molecule has 6 heteroatoms. The lowest BCUT2D eigenvalue weighted by Crippen LogP contribution is -2.11. The number of amides is 1. The number of fused-ring (bicyclic) bond motifs is 3. The Kier molecular flexibility index (Phi) is 5.49. The Balaban J connectivity index is 1.77. The smallest absolute Gasteiger partial charge is 0.249 e. The van der Waals surface area contributed by atoms with Crippen molar-refractivity contribution >= 4 is 50.9 Å². The number of halogens is 2. The van der Waals surface area contributed by atoms with Gasteiger partial charge < -0.3 is 15.0 Å². The van der Waals surface area contributed by atoms with E-state index >= 15 is 0 Å². The zero-order valence-corrected chi connectivity index (χ0v) is 19.3. The van der Waals surface area contributed by atoms with Gasteiger partial charge in [0.1, 0.15) is 5.75 Å². The molecule has 4 nitrogen and oxygen atoms in total. The highest BCUT2D eigenvalue weighted by molar-refractivity contribution is 6.36. The van der Waals surface area contributed by atoms with Gasteiger partial charge in [0.15, 0.2) is 0 Å². The zero-order valence-electron chi connectivity index (χ0n) is 17.8. The molecular formula is C27H20Cl2N2O2. The normalized spacial score (nSPS) is 11.2. The molecule has 0 aliphatic rings. The van der Waals surface area contributed by atoms with E-state index in [9.17, 15) is 4.79 Å². The minimum absolute atomic E-state index is 0.450. The van der Waals surface area contributed by atoms with E-state index in [1.165, 1.54) is 0 Å². The molecular weight excluding hydrogens is 455 g/mol. The second kappa shape index (κ2) is 8.47. The molecule has 1 heterocycles. The largest absolute Gasteiger partial charge is 0.497 e. The highest BCUT2D eigenvalue weighted by Crippen LogP contribution is 2.37. The summed E-state index contributed by atoms with van der Waals surface area (Å²) in [7, 11) is 1.65. The van der Waals surface area contributed by atoms with Gasteiger partial charge in [0.2, 0.25) is 5.91 Å². The zero-order chi connectivity index (χ0) is 23.1. The molecule has 0 saturated carbocycles. The SMILES string of the molecule is COc1ccc(Cn2c3cc(-c4ccc(Cl)cc4Cl)ccc3c3c(C(N)=O)cccc32)cc1. The van der Waals surface area contributed by atoms with Crippen LogP contribution in [0.3, 0.4) is 0 Å². The number of methoxy groups -OCH3 is 1. The van der Waals surface area contributed by atoms with Crippen LogP contribution in [-0.4, -0.2) is 17.6 Å². The van der Waals surface area contributed by atoms with Gasteiger partial charge in [-0.1, -0.05) is 59.6 Å². The molecule has 0 aliphatic heterocycles. The lowest BCUT2D eigenvalue weighted by molar-refractivity contribution is 0.100. The first kappa shape index (κ1) is 21.4. The fourth-order valence-electron chi connectivity index (χ4n) is 4.32. The third-order valence-electron chi connectivity index (χ3n) is 5.90. The van der Waals surface area contributed by atoms with Gasteiger partial charge in [0.25, 0.3) is 0 Å². The van der Waals surface area contributed by atoms with Crippen LogP contribution in [-0.2, 0) is 6.54 Å². The van der Waals surface area contributed by atoms with Gasteiger partial charge in [-0.2, -0.15) is 0 Å². The molecule has 4 aromatic carbocycles. The number of hydrogen-bond acceptors (Lipinski definition) is 2. The predicted molar refractivity (Wildman–Crippen MR) is 136 cm³/mol. The van der Waals surface area contributed by atoms with Gasteiger partial charge in [-0.15, -0.1) is 0 Å². The predicted octanol–water partition coefficient (Wildman–Crippen LogP) is 6.92. The number of primary amides is 1. The van der Waals surface area contributed by atoms with Gasteiger partial charge in [-0.25, -0.2) is 0 Å². The average Bonchev–Trinajstić information content (AvgIpc) is 3.12. The summed E-state index contributed by atoms with van der Waals surface area (Å²) in [6.07, 6.45) is 0. The number of nitrogens with two attached hydrogens (primary N) is 1. The Labute approximate surface area is 201 Å². The first-order valence-electron chi connectivity index (χ1n) is 10.4.